The van der Waals surface area contributed by atoms with Gasteiger partial charge in [-0.2, -0.15) is 0 Å². The number of carbonyl (C=O) groups excluding carboxylic acids is 2. The Morgan fingerprint density at radius 3 is 2.86 bits per heavy atom. The van der Waals surface area contributed by atoms with E-state index in [0.29, 0.717) is 24.5 Å². The van der Waals surface area contributed by atoms with Crippen molar-refractivity contribution in [2.24, 2.45) is 11.7 Å². The highest BCUT2D eigenvalue weighted by molar-refractivity contribution is 5.93. The standard InChI is InChI=1S/C15H21N3O3/c1-10(2)13(16)9-14(19)17-11-4-3-5-12(8-11)18-6-7-21-15(18)20/h3-5,8,10,13H,6-7,9,16H2,1-2H3,(H,17,19). The van der Waals surface area contributed by atoms with Crippen molar-refractivity contribution in [1.29, 1.82) is 0 Å². The minimum absolute atomic E-state index is 0.127. The Kier molecular flexibility index (Phi) is 4.80. The van der Waals surface area contributed by atoms with E-state index in [4.69, 9.17) is 10.5 Å². The molecule has 0 aliphatic carbocycles. The lowest BCUT2D eigenvalue weighted by Crippen LogP contribution is -2.31. The van der Waals surface area contributed by atoms with Gasteiger partial charge in [-0.3, -0.25) is 9.69 Å². The highest BCUT2D eigenvalue weighted by atomic mass is 16.6. The Balaban J connectivity index is 2.01. The number of nitrogens with zero attached hydrogens (tertiary/aromatic N) is 1. The van der Waals surface area contributed by atoms with Crippen LogP contribution in [-0.2, 0) is 9.53 Å². The first kappa shape index (κ1) is 15.3. The lowest BCUT2D eigenvalue weighted by Gasteiger charge is -2.16. The normalized spacial score (nSPS) is 16.0. The van der Waals surface area contributed by atoms with Crippen LogP contribution >= 0.6 is 0 Å². The number of carbonyl (C=O) groups is 2. The number of benzene rings is 1. The first-order chi connectivity index (χ1) is 9.97. The second kappa shape index (κ2) is 6.58. The molecule has 1 unspecified atom stereocenters. The topological polar surface area (TPSA) is 84.7 Å². The van der Waals surface area contributed by atoms with Crippen molar-refractivity contribution in [1.82, 2.24) is 0 Å². The molecule has 1 aromatic carbocycles. The molecule has 6 heteroatoms. The average Bonchev–Trinajstić information content (AvgIpc) is 2.85. The van der Waals surface area contributed by atoms with Gasteiger partial charge in [0.25, 0.3) is 0 Å². The van der Waals surface area contributed by atoms with E-state index < -0.39 is 0 Å². The van der Waals surface area contributed by atoms with E-state index in [-0.39, 0.29) is 30.4 Å². The zero-order valence-corrected chi connectivity index (χ0v) is 12.3. The van der Waals surface area contributed by atoms with Gasteiger partial charge in [0.05, 0.1) is 6.54 Å². The van der Waals surface area contributed by atoms with Crippen molar-refractivity contribution in [3.63, 3.8) is 0 Å². The van der Waals surface area contributed by atoms with E-state index >= 15 is 0 Å². The second-order valence-corrected chi connectivity index (χ2v) is 5.48. The van der Waals surface area contributed by atoms with E-state index in [1.807, 2.05) is 19.9 Å². The summed E-state index contributed by atoms with van der Waals surface area (Å²) in [6.07, 6.45) is -0.0893. The van der Waals surface area contributed by atoms with Gasteiger partial charge in [-0.25, -0.2) is 4.79 Å². The van der Waals surface area contributed by atoms with Crippen molar-refractivity contribution in [3.8, 4) is 0 Å². The van der Waals surface area contributed by atoms with E-state index in [2.05, 4.69) is 5.32 Å². The van der Waals surface area contributed by atoms with Crippen LogP contribution in [0.4, 0.5) is 16.2 Å². The van der Waals surface area contributed by atoms with Crippen LogP contribution in [-0.4, -0.2) is 31.2 Å². The average molecular weight is 291 g/mol. The zero-order chi connectivity index (χ0) is 15.4. The molecule has 1 aliphatic heterocycles. The number of nitrogens with one attached hydrogen (secondary N) is 1. The third-order valence-corrected chi connectivity index (χ3v) is 3.48. The maximum Gasteiger partial charge on any atom is 0.414 e. The van der Waals surface area contributed by atoms with Crippen LogP contribution in [0.1, 0.15) is 20.3 Å². The predicted octanol–water partition coefficient (Wildman–Crippen LogP) is 1.96. The fourth-order valence-corrected chi connectivity index (χ4v) is 2.04. The van der Waals surface area contributed by atoms with Crippen molar-refractivity contribution in [2.45, 2.75) is 26.3 Å². The molecule has 2 rings (SSSR count). The fourth-order valence-electron chi connectivity index (χ4n) is 2.04. The van der Waals surface area contributed by atoms with E-state index in [1.165, 1.54) is 4.90 Å². The van der Waals surface area contributed by atoms with Crippen molar-refractivity contribution in [2.75, 3.05) is 23.4 Å². The van der Waals surface area contributed by atoms with Gasteiger partial charge in [0, 0.05) is 23.8 Å². The van der Waals surface area contributed by atoms with Crippen LogP contribution in [0.2, 0.25) is 0 Å². The molecule has 0 saturated carbocycles. The summed E-state index contributed by atoms with van der Waals surface area (Å²) in [7, 11) is 0. The maximum atomic E-state index is 11.9. The van der Waals surface area contributed by atoms with Crippen LogP contribution in [0.5, 0.6) is 0 Å². The summed E-state index contributed by atoms with van der Waals surface area (Å²) in [5, 5.41) is 2.81. The highest BCUT2D eigenvalue weighted by Crippen LogP contribution is 2.22. The number of amides is 2. The van der Waals surface area contributed by atoms with Gasteiger partial charge < -0.3 is 15.8 Å². The molecule has 6 nitrogen and oxygen atoms in total. The molecule has 0 radical (unpaired) electrons. The van der Waals surface area contributed by atoms with Crippen LogP contribution in [0.25, 0.3) is 0 Å². The summed E-state index contributed by atoms with van der Waals surface area (Å²) in [4.78, 5) is 25.0. The van der Waals surface area contributed by atoms with E-state index in [9.17, 15) is 9.59 Å². The molecule has 1 aliphatic rings. The van der Waals surface area contributed by atoms with Gasteiger partial charge in [-0.15, -0.1) is 0 Å². The molecular weight excluding hydrogens is 270 g/mol. The van der Waals surface area contributed by atoms with Gasteiger partial charge in [-0.05, 0) is 24.1 Å². The summed E-state index contributed by atoms with van der Waals surface area (Å²) >= 11 is 0. The Morgan fingerprint density at radius 1 is 1.48 bits per heavy atom. The predicted molar refractivity (Wildman–Crippen MR) is 81.2 cm³/mol. The number of cyclic esters (lactones) is 1. The summed E-state index contributed by atoms with van der Waals surface area (Å²) in [6, 6.07) is 6.97. The maximum absolute atomic E-state index is 11.9. The Hall–Kier alpha value is -2.08. The molecule has 1 fully saturated rings. The number of anilines is 2. The van der Waals surface area contributed by atoms with Crippen molar-refractivity contribution >= 4 is 23.4 Å². The first-order valence-electron chi connectivity index (χ1n) is 7.07. The quantitative estimate of drug-likeness (QED) is 0.868. The van der Waals surface area contributed by atoms with E-state index in [1.54, 1.807) is 18.2 Å². The molecule has 114 valence electrons. The molecule has 1 atom stereocenters. The lowest BCUT2D eigenvalue weighted by atomic mass is 10.0. The van der Waals surface area contributed by atoms with Gasteiger partial charge in [-0.1, -0.05) is 19.9 Å². The molecule has 1 saturated heterocycles. The highest BCUT2D eigenvalue weighted by Gasteiger charge is 2.23. The largest absolute Gasteiger partial charge is 0.447 e. The third kappa shape index (κ3) is 3.95. The summed E-state index contributed by atoms with van der Waals surface area (Å²) in [5.74, 6) is 0.124. The van der Waals surface area contributed by atoms with Crippen molar-refractivity contribution < 1.29 is 14.3 Å². The molecule has 0 bridgehead atoms. The van der Waals surface area contributed by atoms with Gasteiger partial charge >= 0.3 is 6.09 Å². The molecule has 21 heavy (non-hydrogen) atoms. The minimum Gasteiger partial charge on any atom is -0.447 e. The Labute approximate surface area is 124 Å². The second-order valence-electron chi connectivity index (χ2n) is 5.48. The number of hydrogen-bond acceptors (Lipinski definition) is 4. The number of nitrogens with two attached hydrogens (primary N) is 1. The van der Waals surface area contributed by atoms with Crippen molar-refractivity contribution in [3.05, 3.63) is 24.3 Å². The van der Waals surface area contributed by atoms with Crippen LogP contribution in [0.15, 0.2) is 24.3 Å². The Morgan fingerprint density at radius 2 is 2.24 bits per heavy atom. The Bertz CT molecular complexity index is 531. The number of rotatable bonds is 5. The van der Waals surface area contributed by atoms with Crippen LogP contribution in [0.3, 0.4) is 0 Å². The molecule has 0 aromatic heterocycles. The molecular formula is C15H21N3O3. The summed E-state index contributed by atoms with van der Waals surface area (Å²) < 4.78 is 4.90. The van der Waals surface area contributed by atoms with Gasteiger partial charge in [0.2, 0.25) is 5.91 Å². The summed E-state index contributed by atoms with van der Waals surface area (Å²) in [5.41, 5.74) is 7.25. The molecule has 3 N–H and O–H groups in total. The van der Waals surface area contributed by atoms with Gasteiger partial charge in [0.15, 0.2) is 0 Å². The van der Waals surface area contributed by atoms with Gasteiger partial charge in [0.1, 0.15) is 6.61 Å². The number of ether oxygens (including phenoxy) is 1. The number of hydrogen-bond donors (Lipinski definition) is 2. The molecule has 2 amide bonds. The molecule has 1 aromatic rings. The first-order valence-corrected chi connectivity index (χ1v) is 7.07. The van der Waals surface area contributed by atoms with Crippen LogP contribution < -0.4 is 16.0 Å². The van der Waals surface area contributed by atoms with E-state index in [0.717, 1.165) is 0 Å². The van der Waals surface area contributed by atoms with Crippen LogP contribution in [0, 0.1) is 5.92 Å². The third-order valence-electron chi connectivity index (χ3n) is 3.48. The minimum atomic E-state index is -0.361. The smallest absolute Gasteiger partial charge is 0.414 e. The fraction of sp³-hybridized carbons (Fsp3) is 0.467. The zero-order valence-electron chi connectivity index (χ0n) is 12.3. The lowest BCUT2D eigenvalue weighted by molar-refractivity contribution is -0.116. The summed E-state index contributed by atoms with van der Waals surface area (Å²) in [6.45, 7) is 4.88. The molecule has 1 heterocycles. The monoisotopic (exact) mass is 291 g/mol. The SMILES string of the molecule is CC(C)C(N)CC(=O)Nc1cccc(N2CCOC2=O)c1. The molecule has 0 spiro atoms.